The summed E-state index contributed by atoms with van der Waals surface area (Å²) in [5.74, 6) is -7.23. The lowest BCUT2D eigenvalue weighted by Crippen LogP contribution is -2.54. The zero-order valence-electron chi connectivity index (χ0n) is 46.2. The normalized spacial score (nSPS) is 14.2. The lowest BCUT2D eigenvalue weighted by atomic mass is 9.84. The third kappa shape index (κ3) is 19.0. The summed E-state index contributed by atoms with van der Waals surface area (Å²) in [5.41, 5.74) is 5.23. The fourth-order valence-electron chi connectivity index (χ4n) is 8.99. The Morgan fingerprint density at radius 3 is 2.12 bits per heavy atom. The van der Waals surface area contributed by atoms with E-state index in [1.54, 1.807) is 69.5 Å². The average Bonchev–Trinajstić information content (AvgIpc) is 4.01. The number of imide groups is 1. The molecule has 3 aromatic carbocycles. The Kier molecular flexibility index (Phi) is 23.5. The highest BCUT2D eigenvalue weighted by Crippen LogP contribution is 2.40. The van der Waals surface area contributed by atoms with E-state index in [-0.39, 0.29) is 87.7 Å². The number of aromatic nitrogens is 2. The van der Waals surface area contributed by atoms with E-state index >= 15 is 4.39 Å². The molecule has 4 aromatic rings. The van der Waals surface area contributed by atoms with Gasteiger partial charge in [0.05, 0.1) is 17.8 Å². The van der Waals surface area contributed by atoms with E-state index in [4.69, 9.17) is 10.5 Å². The monoisotopic (exact) mass is 1130 g/mol. The quantitative estimate of drug-likeness (QED) is 0.0134. The molecule has 0 spiro atoms. The first-order chi connectivity index (χ1) is 38.4. The topological polar surface area (TPSA) is 276 Å². The number of nitrogens with one attached hydrogen (secondary N) is 5. The summed E-state index contributed by atoms with van der Waals surface area (Å²) in [6.07, 6.45) is 2.90. The molecule has 0 fully saturated rings. The minimum Gasteiger partial charge on any atom is -0.445 e. The highest BCUT2D eigenvalue weighted by atomic mass is 19.2. The molecular weight excluding hydrogens is 1060 g/mol. The molecule has 0 unspecified atom stereocenters. The minimum absolute atomic E-state index is 0.0612. The number of urea groups is 1. The molecule has 1 aliphatic heterocycles. The molecular formula is C57H72F4N10O10. The first-order valence-corrected chi connectivity index (χ1v) is 26.7. The van der Waals surface area contributed by atoms with Crippen LogP contribution in [0.1, 0.15) is 109 Å². The van der Waals surface area contributed by atoms with Gasteiger partial charge in [-0.1, -0.05) is 83.5 Å². The van der Waals surface area contributed by atoms with Crippen LogP contribution >= 0.6 is 0 Å². The van der Waals surface area contributed by atoms with Gasteiger partial charge < -0.3 is 51.6 Å². The number of alkyl carbamates (subject to hydrolysis) is 1. The highest BCUT2D eigenvalue weighted by molar-refractivity contribution is 6.12. The molecule has 24 heteroatoms. The number of hydrogen-bond acceptors (Lipinski definition) is 11. The van der Waals surface area contributed by atoms with Crippen LogP contribution in [0.4, 0.5) is 32.8 Å². The second-order valence-electron chi connectivity index (χ2n) is 21.1. The Labute approximate surface area is 467 Å². The van der Waals surface area contributed by atoms with Crippen molar-refractivity contribution in [2.45, 2.75) is 130 Å². The standard InChI is InChI=1S/C57H72F4N10O10/c1-34(2)49(68-45(73)17-11-8-12-26-70-46(74)22-23-47(70)75)53(77)67-43(16-13-25-63-55(62)79)52(76)64-39-20-18-37(19-21-39)33-81-56(80)65-40(30-58)24-27-71(54(78)35(3)72)50(57(4,5)6)51-66-44(41-28-38(59)29-42(60)48(41)61)32-69(51)31-36-14-9-7-10-15-36/h7,9-10,14-15,18-23,28-29,32,34-35,40,43,49-50,72H,8,11-13,16-17,24-27,30-31,33H2,1-6H3,(H,64,76)(H,65,80)(H,67,77)(H,68,73)(H3,62,63,79)/t35-,40-,43-,49-,50-/m0/s1. The number of primary amides is 1. The van der Waals surface area contributed by atoms with Gasteiger partial charge in [0.2, 0.25) is 17.7 Å². The zero-order valence-corrected chi connectivity index (χ0v) is 46.2. The molecule has 0 bridgehead atoms. The molecule has 9 amide bonds. The number of ether oxygens (including phenoxy) is 1. The van der Waals surface area contributed by atoms with Gasteiger partial charge in [-0.15, -0.1) is 0 Å². The van der Waals surface area contributed by atoms with Crippen LogP contribution in [0, 0.1) is 28.8 Å². The summed E-state index contributed by atoms with van der Waals surface area (Å²) in [5, 5.41) is 23.8. The number of carbonyl (C=O) groups is 8. The molecule has 81 heavy (non-hydrogen) atoms. The number of nitrogens with two attached hydrogens (primary N) is 1. The van der Waals surface area contributed by atoms with Gasteiger partial charge in [-0.25, -0.2) is 32.1 Å². The number of imidazole rings is 1. The summed E-state index contributed by atoms with van der Waals surface area (Å²) in [4.78, 5) is 109. The third-order valence-electron chi connectivity index (χ3n) is 13.2. The number of benzene rings is 3. The van der Waals surface area contributed by atoms with Crippen molar-refractivity contribution in [3.8, 4) is 11.3 Å². The number of hydrogen-bond donors (Lipinski definition) is 7. The van der Waals surface area contributed by atoms with Crippen molar-refractivity contribution in [3.63, 3.8) is 0 Å². The fraction of sp³-hybridized carbons (Fsp3) is 0.456. The van der Waals surface area contributed by atoms with E-state index in [1.807, 2.05) is 12.1 Å². The largest absolute Gasteiger partial charge is 0.445 e. The molecule has 2 heterocycles. The number of unbranched alkanes of at least 4 members (excludes halogenated alkanes) is 2. The van der Waals surface area contributed by atoms with Crippen molar-refractivity contribution in [3.05, 3.63) is 119 Å². The smallest absolute Gasteiger partial charge is 0.407 e. The number of rotatable bonds is 29. The van der Waals surface area contributed by atoms with Crippen LogP contribution in [0.2, 0.25) is 0 Å². The number of amides is 9. The molecule has 1 aliphatic rings. The number of nitrogens with zero attached hydrogens (tertiary/aromatic N) is 4. The molecule has 438 valence electrons. The van der Waals surface area contributed by atoms with Crippen molar-refractivity contribution in [2.75, 3.05) is 31.6 Å². The molecule has 0 aliphatic carbocycles. The molecule has 5 atom stereocenters. The summed E-state index contributed by atoms with van der Waals surface area (Å²) < 4.78 is 66.0. The molecule has 20 nitrogen and oxygen atoms in total. The van der Waals surface area contributed by atoms with E-state index in [9.17, 15) is 56.6 Å². The molecule has 0 saturated carbocycles. The SMILES string of the molecule is CC(C)[C@H](NC(=O)CCCCCN1C(=O)C=CC1=O)C(=O)N[C@@H](CCCNC(N)=O)C(=O)Nc1ccc(COC(=O)N[C@H](CF)CCN(C(=O)[C@H](C)O)[C@@H](c2nc(-c3cc(F)cc(F)c3F)cn2Cc2ccccc2)C(C)(C)C)cc1. The number of aliphatic hydroxyl groups is 1. The van der Waals surface area contributed by atoms with Gasteiger partial charge in [-0.3, -0.25) is 33.7 Å². The van der Waals surface area contributed by atoms with E-state index in [1.165, 1.54) is 42.3 Å². The average molecular weight is 1130 g/mol. The predicted molar refractivity (Wildman–Crippen MR) is 291 cm³/mol. The van der Waals surface area contributed by atoms with Crippen LogP contribution in [0.5, 0.6) is 0 Å². The van der Waals surface area contributed by atoms with Crippen molar-refractivity contribution in [1.29, 1.82) is 0 Å². The number of aliphatic hydroxyl groups excluding tert-OH is 1. The van der Waals surface area contributed by atoms with Crippen LogP contribution in [-0.4, -0.2) is 123 Å². The Balaban J connectivity index is 1.21. The Morgan fingerprint density at radius 1 is 0.827 bits per heavy atom. The summed E-state index contributed by atoms with van der Waals surface area (Å²) in [7, 11) is 0. The van der Waals surface area contributed by atoms with Gasteiger partial charge >= 0.3 is 12.1 Å². The van der Waals surface area contributed by atoms with Gasteiger partial charge in [0.1, 0.15) is 43.1 Å². The first kappa shape index (κ1) is 63.7. The van der Waals surface area contributed by atoms with Crippen molar-refractivity contribution < 1.29 is 65.8 Å². The fourth-order valence-corrected chi connectivity index (χ4v) is 8.99. The maximum atomic E-state index is 15.2. The van der Waals surface area contributed by atoms with Gasteiger partial charge in [0, 0.05) is 68.3 Å². The van der Waals surface area contributed by atoms with Crippen LogP contribution in [0.25, 0.3) is 11.3 Å². The summed E-state index contributed by atoms with van der Waals surface area (Å²) >= 11 is 0. The molecule has 5 rings (SSSR count). The molecule has 0 saturated heterocycles. The Bertz CT molecular complexity index is 2860. The second-order valence-corrected chi connectivity index (χ2v) is 21.1. The van der Waals surface area contributed by atoms with Crippen molar-refractivity contribution in [2.24, 2.45) is 17.1 Å². The predicted octanol–water partition coefficient (Wildman–Crippen LogP) is 6.46. The highest BCUT2D eigenvalue weighted by Gasteiger charge is 2.40. The minimum atomic E-state index is -1.56. The van der Waals surface area contributed by atoms with Gasteiger partial charge in [0.15, 0.2) is 11.6 Å². The lowest BCUT2D eigenvalue weighted by molar-refractivity contribution is -0.145. The van der Waals surface area contributed by atoms with Crippen molar-refractivity contribution >= 4 is 53.3 Å². The maximum absolute atomic E-state index is 15.2. The van der Waals surface area contributed by atoms with Gasteiger partial charge in [-0.2, -0.15) is 0 Å². The number of anilines is 1. The van der Waals surface area contributed by atoms with E-state index < -0.39 is 101 Å². The van der Waals surface area contributed by atoms with E-state index in [2.05, 4.69) is 31.6 Å². The summed E-state index contributed by atoms with van der Waals surface area (Å²) in [6.45, 7) is 8.87. The first-order valence-electron chi connectivity index (χ1n) is 26.7. The zero-order chi connectivity index (χ0) is 59.6. The second kappa shape index (κ2) is 29.9. The molecule has 1 aromatic heterocycles. The van der Waals surface area contributed by atoms with Crippen LogP contribution in [0.3, 0.4) is 0 Å². The van der Waals surface area contributed by atoms with Gasteiger partial charge in [0.25, 0.3) is 17.7 Å². The van der Waals surface area contributed by atoms with Gasteiger partial charge in [-0.05, 0) is 79.7 Å². The number of alkyl halides is 1. The number of carbonyl (C=O) groups excluding carboxylic acids is 8. The van der Waals surface area contributed by atoms with Crippen LogP contribution in [-0.2, 0) is 46.7 Å². The molecule has 0 radical (unpaired) electrons. The van der Waals surface area contributed by atoms with Crippen LogP contribution in [0.15, 0.2) is 85.1 Å². The lowest BCUT2D eigenvalue weighted by Gasteiger charge is -2.41. The van der Waals surface area contributed by atoms with E-state index in [0.717, 1.165) is 16.5 Å². The van der Waals surface area contributed by atoms with E-state index in [0.29, 0.717) is 36.6 Å². The Hall–Kier alpha value is -8.15. The third-order valence-corrected chi connectivity index (χ3v) is 13.2. The Morgan fingerprint density at radius 2 is 1.51 bits per heavy atom. The molecule has 8 N–H and O–H groups in total. The maximum Gasteiger partial charge on any atom is 0.407 e. The number of halogens is 4. The van der Waals surface area contributed by atoms with Crippen molar-refractivity contribution in [1.82, 2.24) is 40.6 Å². The van der Waals surface area contributed by atoms with Crippen LogP contribution < -0.4 is 32.3 Å². The summed E-state index contributed by atoms with van der Waals surface area (Å²) in [6, 6.07) is 11.2.